The van der Waals surface area contributed by atoms with Crippen molar-refractivity contribution < 1.29 is 34.2 Å². The molecule has 4 unspecified atom stereocenters. The van der Waals surface area contributed by atoms with E-state index in [1.165, 1.54) is 0 Å². The number of amides is 3. The van der Waals surface area contributed by atoms with Crippen molar-refractivity contribution in [1.29, 1.82) is 0 Å². The van der Waals surface area contributed by atoms with Gasteiger partial charge in [-0.1, -0.05) is 66.7 Å². The van der Waals surface area contributed by atoms with Gasteiger partial charge in [0.1, 0.15) is 18.1 Å². The summed E-state index contributed by atoms with van der Waals surface area (Å²) in [6.45, 7) is 0. The van der Waals surface area contributed by atoms with Gasteiger partial charge in [0.2, 0.25) is 17.7 Å². The molecule has 13 nitrogen and oxygen atoms in total. The summed E-state index contributed by atoms with van der Waals surface area (Å²) >= 11 is 0. The number of nitrogens with one attached hydrogen (secondary N) is 5. The van der Waals surface area contributed by atoms with Crippen molar-refractivity contribution in [2.75, 3.05) is 0 Å². The molecule has 3 aromatic carbocycles. The number of carbonyl (C=O) groups is 5. The number of nitrogens with two attached hydrogens (primary N) is 1. The molecule has 0 bridgehead atoms. The highest BCUT2D eigenvalue weighted by Gasteiger charge is 2.31. The van der Waals surface area contributed by atoms with Crippen molar-refractivity contribution in [3.05, 3.63) is 108 Å². The van der Waals surface area contributed by atoms with E-state index in [0.29, 0.717) is 11.1 Å². The number of benzene rings is 3. The van der Waals surface area contributed by atoms with E-state index in [2.05, 4.69) is 25.9 Å². The number of hydrogen-bond acceptors (Lipinski definition) is 6. The van der Waals surface area contributed by atoms with E-state index in [0.717, 1.165) is 27.4 Å². The van der Waals surface area contributed by atoms with E-state index in [9.17, 15) is 34.2 Å². The summed E-state index contributed by atoms with van der Waals surface area (Å²) < 4.78 is 0. The Kier molecular flexibility index (Phi) is 11.1. The minimum atomic E-state index is -1.42. The van der Waals surface area contributed by atoms with Gasteiger partial charge in [0, 0.05) is 53.5 Å². The first kappa shape index (κ1) is 34.4. The number of H-pyrrole nitrogens is 2. The van der Waals surface area contributed by atoms with Crippen LogP contribution in [0.1, 0.15) is 29.5 Å². The maximum absolute atomic E-state index is 13.9. The lowest BCUT2D eigenvalue weighted by Crippen LogP contribution is -2.58. The number of aromatic amines is 2. The molecule has 5 rings (SSSR count). The summed E-state index contributed by atoms with van der Waals surface area (Å²) in [6, 6.07) is 18.9. The first-order valence-corrected chi connectivity index (χ1v) is 15.8. The Balaban J connectivity index is 1.35. The van der Waals surface area contributed by atoms with Crippen LogP contribution in [0.15, 0.2) is 91.3 Å². The predicted octanol–water partition coefficient (Wildman–Crippen LogP) is 2.41. The van der Waals surface area contributed by atoms with Gasteiger partial charge in [0.05, 0.1) is 6.04 Å². The molecule has 254 valence electrons. The van der Waals surface area contributed by atoms with Crippen molar-refractivity contribution in [2.24, 2.45) is 5.73 Å². The molecule has 0 saturated heterocycles. The number of hydrogen-bond donors (Lipinski definition) is 8. The Morgan fingerprint density at radius 1 is 0.612 bits per heavy atom. The highest BCUT2D eigenvalue weighted by atomic mass is 16.4. The van der Waals surface area contributed by atoms with Crippen molar-refractivity contribution in [2.45, 2.75) is 56.3 Å². The largest absolute Gasteiger partial charge is 0.481 e. The highest BCUT2D eigenvalue weighted by Crippen LogP contribution is 2.21. The van der Waals surface area contributed by atoms with Gasteiger partial charge in [-0.15, -0.1) is 0 Å². The zero-order chi connectivity index (χ0) is 34.9. The van der Waals surface area contributed by atoms with E-state index >= 15 is 0 Å². The second-order valence-corrected chi connectivity index (χ2v) is 11.9. The number of aliphatic carboxylic acids is 2. The van der Waals surface area contributed by atoms with Crippen LogP contribution < -0.4 is 21.7 Å². The van der Waals surface area contributed by atoms with Gasteiger partial charge in [-0.05, 0) is 41.7 Å². The molecule has 4 atom stereocenters. The Hall–Kier alpha value is -5.95. The van der Waals surface area contributed by atoms with Gasteiger partial charge in [-0.3, -0.25) is 19.2 Å². The van der Waals surface area contributed by atoms with Gasteiger partial charge in [-0.25, -0.2) is 4.79 Å². The summed E-state index contributed by atoms with van der Waals surface area (Å²) in [5, 5.41) is 28.8. The first-order chi connectivity index (χ1) is 23.6. The van der Waals surface area contributed by atoms with E-state index in [1.54, 1.807) is 12.4 Å². The predicted molar refractivity (Wildman–Crippen MR) is 182 cm³/mol. The van der Waals surface area contributed by atoms with Gasteiger partial charge in [0.15, 0.2) is 0 Å². The van der Waals surface area contributed by atoms with Crippen LogP contribution >= 0.6 is 0 Å². The molecule has 2 aromatic heterocycles. The molecule has 0 saturated carbocycles. The molecule has 3 amide bonds. The minimum Gasteiger partial charge on any atom is -0.481 e. The van der Waals surface area contributed by atoms with Crippen molar-refractivity contribution in [3.8, 4) is 0 Å². The number of aromatic nitrogens is 2. The zero-order valence-corrected chi connectivity index (χ0v) is 26.5. The maximum atomic E-state index is 13.9. The number of rotatable bonds is 16. The normalized spacial score (nSPS) is 13.7. The quantitative estimate of drug-likeness (QED) is 0.0780. The molecule has 49 heavy (non-hydrogen) atoms. The molecule has 0 aliphatic rings. The van der Waals surface area contributed by atoms with Gasteiger partial charge < -0.3 is 41.9 Å². The number of carboxylic acids is 2. The van der Waals surface area contributed by atoms with E-state index in [-0.39, 0.29) is 25.7 Å². The molecule has 0 fully saturated rings. The van der Waals surface area contributed by atoms with E-state index in [4.69, 9.17) is 5.73 Å². The second kappa shape index (κ2) is 15.8. The van der Waals surface area contributed by atoms with E-state index in [1.807, 2.05) is 78.9 Å². The lowest BCUT2D eigenvalue weighted by atomic mass is 10.0. The fourth-order valence-corrected chi connectivity index (χ4v) is 5.77. The third-order valence-corrected chi connectivity index (χ3v) is 8.36. The molecule has 0 aliphatic heterocycles. The van der Waals surface area contributed by atoms with Crippen LogP contribution in [0.4, 0.5) is 0 Å². The Bertz CT molecular complexity index is 1950. The Labute approximate surface area is 281 Å². The maximum Gasteiger partial charge on any atom is 0.326 e. The fraction of sp³-hybridized carbons (Fsp3) is 0.250. The molecular weight excluding hydrogens is 628 g/mol. The van der Waals surface area contributed by atoms with Gasteiger partial charge in [-0.2, -0.15) is 0 Å². The van der Waals surface area contributed by atoms with Crippen molar-refractivity contribution >= 4 is 51.5 Å². The molecule has 0 spiro atoms. The fourth-order valence-electron chi connectivity index (χ4n) is 5.77. The van der Waals surface area contributed by atoms with Crippen LogP contribution in [0.3, 0.4) is 0 Å². The van der Waals surface area contributed by atoms with Crippen molar-refractivity contribution in [3.63, 3.8) is 0 Å². The standard InChI is InChI=1S/C36H38N6O7/c37-26(16-21-8-2-1-3-9-21)33(45)41-30(17-22-19-38-27-12-6-4-10-24(22)27)35(47)40-29(14-15-32(43)44)34(46)42-31(36(48)49)18-23-20-39-28-13-7-5-11-25(23)28/h1-13,19-20,26,29-31,38-39H,14-18,37H2,(H,40,47)(H,41,45)(H,42,46)(H,43,44)(H,48,49). The minimum absolute atomic E-state index is 0.0191. The average molecular weight is 667 g/mol. The molecule has 13 heteroatoms. The first-order valence-electron chi connectivity index (χ1n) is 15.8. The van der Waals surface area contributed by atoms with Crippen molar-refractivity contribution in [1.82, 2.24) is 25.9 Å². The molecule has 9 N–H and O–H groups in total. The number of carboxylic acid groups (broad SMARTS) is 2. The Morgan fingerprint density at radius 2 is 1.10 bits per heavy atom. The smallest absolute Gasteiger partial charge is 0.326 e. The lowest BCUT2D eigenvalue weighted by Gasteiger charge is -2.25. The monoisotopic (exact) mass is 666 g/mol. The number of fused-ring (bicyclic) bond motifs is 2. The number of carbonyl (C=O) groups excluding carboxylic acids is 3. The molecule has 5 aromatic rings. The van der Waals surface area contributed by atoms with Crippen LogP contribution in [-0.2, 0) is 43.2 Å². The highest BCUT2D eigenvalue weighted by molar-refractivity contribution is 5.95. The third-order valence-electron chi connectivity index (χ3n) is 8.36. The summed E-state index contributed by atoms with van der Waals surface area (Å²) in [4.78, 5) is 70.7. The van der Waals surface area contributed by atoms with Crippen LogP contribution in [0.5, 0.6) is 0 Å². The summed E-state index contributed by atoms with van der Waals surface area (Å²) in [6.07, 6.45) is 2.74. The van der Waals surface area contributed by atoms with Crippen LogP contribution in [0, 0.1) is 0 Å². The summed E-state index contributed by atoms with van der Waals surface area (Å²) in [7, 11) is 0. The third kappa shape index (κ3) is 8.90. The molecule has 2 heterocycles. The van der Waals surface area contributed by atoms with Crippen LogP contribution in [0.2, 0.25) is 0 Å². The van der Waals surface area contributed by atoms with Crippen LogP contribution in [0.25, 0.3) is 21.8 Å². The van der Waals surface area contributed by atoms with Gasteiger partial charge in [0.25, 0.3) is 0 Å². The zero-order valence-electron chi connectivity index (χ0n) is 26.5. The molecular formula is C36H38N6O7. The SMILES string of the molecule is NC(Cc1ccccc1)C(=O)NC(Cc1c[nH]c2ccccc12)C(=O)NC(CCC(=O)O)C(=O)NC(Cc1c[nH]c2ccccc12)C(=O)O. The summed E-state index contributed by atoms with van der Waals surface area (Å²) in [5.41, 5.74) is 10.0. The lowest BCUT2D eigenvalue weighted by molar-refractivity contribution is -0.143. The molecule has 0 radical (unpaired) electrons. The van der Waals surface area contributed by atoms with Crippen LogP contribution in [-0.4, -0.2) is 74.0 Å². The average Bonchev–Trinajstić information content (AvgIpc) is 3.70. The van der Waals surface area contributed by atoms with E-state index < -0.39 is 60.2 Å². The topological polar surface area (TPSA) is 219 Å². The van der Waals surface area contributed by atoms with Gasteiger partial charge >= 0.3 is 11.9 Å². The molecule has 0 aliphatic carbocycles. The summed E-state index contributed by atoms with van der Waals surface area (Å²) in [5.74, 6) is -4.76. The number of para-hydroxylation sites is 2. The second-order valence-electron chi connectivity index (χ2n) is 11.9. The Morgan fingerprint density at radius 3 is 1.67 bits per heavy atom.